The van der Waals surface area contributed by atoms with Gasteiger partial charge in [0.25, 0.3) is 0 Å². The first kappa shape index (κ1) is 10.7. The lowest BCUT2D eigenvalue weighted by Crippen LogP contribution is -2.21. The zero-order valence-electron chi connectivity index (χ0n) is 7.87. The Labute approximate surface area is 93.1 Å². The number of aliphatic imine (C=N–C) groups is 1. The lowest BCUT2D eigenvalue weighted by molar-refractivity contribution is 0.445. The Morgan fingerprint density at radius 3 is 3.15 bits per heavy atom. The molecule has 0 spiro atoms. The number of halogens is 1. The predicted octanol–water partition coefficient (Wildman–Crippen LogP) is 2.28. The Balaban J connectivity index is 2.72. The van der Waals surface area contributed by atoms with E-state index in [1.807, 2.05) is 24.5 Å². The average Bonchev–Trinajstić information content (AvgIpc) is 2.18. The van der Waals surface area contributed by atoms with Gasteiger partial charge in [0.2, 0.25) is 0 Å². The molecule has 1 unspecified atom stereocenters. The zero-order valence-corrected chi connectivity index (χ0v) is 10.0. The fraction of sp³-hybridized carbons (Fsp3) is 0.444. The summed E-state index contributed by atoms with van der Waals surface area (Å²) in [5.41, 5.74) is 1.30. The summed E-state index contributed by atoms with van der Waals surface area (Å²) < 4.78 is 3.01. The molecule has 0 amide bonds. The van der Waals surface area contributed by atoms with Crippen LogP contribution in [-0.4, -0.2) is 18.3 Å². The zero-order chi connectivity index (χ0) is 9.68. The van der Waals surface area contributed by atoms with Crippen molar-refractivity contribution in [2.45, 2.75) is 13.3 Å². The SMILES string of the molecule is CCC1C=NC=C/C1=C/N(C)NI. The third kappa shape index (κ3) is 3.11. The van der Waals surface area contributed by atoms with Crippen LogP contribution < -0.4 is 3.64 Å². The van der Waals surface area contributed by atoms with Gasteiger partial charge in [0.1, 0.15) is 0 Å². The molecule has 0 saturated heterocycles. The highest BCUT2D eigenvalue weighted by molar-refractivity contribution is 14.1. The van der Waals surface area contributed by atoms with Crippen molar-refractivity contribution in [3.63, 3.8) is 0 Å². The highest BCUT2D eigenvalue weighted by atomic mass is 127. The maximum absolute atomic E-state index is 4.13. The van der Waals surface area contributed by atoms with E-state index in [2.05, 4.69) is 50.7 Å². The summed E-state index contributed by atoms with van der Waals surface area (Å²) in [6.07, 6.45) is 9.06. The van der Waals surface area contributed by atoms with Crippen molar-refractivity contribution < 1.29 is 0 Å². The van der Waals surface area contributed by atoms with Gasteiger partial charge in [-0.3, -0.25) is 4.99 Å². The Hall–Kier alpha value is -0.360. The topological polar surface area (TPSA) is 27.6 Å². The monoisotopic (exact) mass is 291 g/mol. The molecule has 1 aliphatic rings. The molecule has 0 saturated carbocycles. The largest absolute Gasteiger partial charge is 0.309 e. The minimum Gasteiger partial charge on any atom is -0.309 e. The number of hydrogen-bond donors (Lipinski definition) is 1. The van der Waals surface area contributed by atoms with Gasteiger partial charge in [-0.15, -0.1) is 0 Å². The molecule has 1 aliphatic heterocycles. The van der Waals surface area contributed by atoms with Gasteiger partial charge in [0, 0.05) is 54.4 Å². The van der Waals surface area contributed by atoms with Crippen molar-refractivity contribution in [2.75, 3.05) is 7.05 Å². The summed E-state index contributed by atoms with van der Waals surface area (Å²) >= 11 is 2.10. The van der Waals surface area contributed by atoms with Gasteiger partial charge in [-0.25, -0.2) is 0 Å². The fourth-order valence-corrected chi connectivity index (χ4v) is 1.36. The van der Waals surface area contributed by atoms with Gasteiger partial charge in [0.15, 0.2) is 0 Å². The first-order valence-corrected chi connectivity index (χ1v) is 5.36. The van der Waals surface area contributed by atoms with Crippen LogP contribution in [0.2, 0.25) is 0 Å². The van der Waals surface area contributed by atoms with Crippen molar-refractivity contribution in [1.82, 2.24) is 8.65 Å². The average molecular weight is 291 g/mol. The maximum Gasteiger partial charge on any atom is 0.0388 e. The van der Waals surface area contributed by atoms with Crippen LogP contribution >= 0.6 is 22.9 Å². The summed E-state index contributed by atoms with van der Waals surface area (Å²) in [6.45, 7) is 2.17. The third-order valence-electron chi connectivity index (χ3n) is 1.96. The molecule has 1 N–H and O–H groups in total. The van der Waals surface area contributed by atoms with Crippen LogP contribution in [0.15, 0.2) is 29.0 Å². The molecular formula is C9H14IN3. The van der Waals surface area contributed by atoms with Gasteiger partial charge in [-0.2, -0.15) is 3.64 Å². The van der Waals surface area contributed by atoms with Crippen molar-refractivity contribution >= 4 is 29.1 Å². The molecule has 1 heterocycles. The van der Waals surface area contributed by atoms with Crippen LogP contribution in [0.1, 0.15) is 13.3 Å². The minimum absolute atomic E-state index is 0.456. The van der Waals surface area contributed by atoms with Gasteiger partial charge >= 0.3 is 0 Å². The molecule has 3 nitrogen and oxygen atoms in total. The summed E-state index contributed by atoms with van der Waals surface area (Å²) in [7, 11) is 1.98. The van der Waals surface area contributed by atoms with Gasteiger partial charge in [-0.1, -0.05) is 6.92 Å². The number of hydrogen-bond acceptors (Lipinski definition) is 3. The molecule has 0 aliphatic carbocycles. The van der Waals surface area contributed by atoms with Crippen LogP contribution in [0, 0.1) is 5.92 Å². The van der Waals surface area contributed by atoms with Crippen molar-refractivity contribution in [3.05, 3.63) is 24.0 Å². The molecule has 4 heteroatoms. The summed E-state index contributed by atoms with van der Waals surface area (Å²) in [6, 6.07) is 0. The molecule has 0 bridgehead atoms. The van der Waals surface area contributed by atoms with E-state index >= 15 is 0 Å². The Morgan fingerprint density at radius 2 is 2.54 bits per heavy atom. The van der Waals surface area contributed by atoms with E-state index in [-0.39, 0.29) is 0 Å². The second kappa shape index (κ2) is 5.39. The Morgan fingerprint density at radius 1 is 1.77 bits per heavy atom. The van der Waals surface area contributed by atoms with Gasteiger partial charge in [-0.05, 0) is 18.1 Å². The van der Waals surface area contributed by atoms with E-state index < -0.39 is 0 Å². The molecule has 0 aromatic rings. The second-order valence-electron chi connectivity index (χ2n) is 2.95. The van der Waals surface area contributed by atoms with Crippen molar-refractivity contribution in [3.8, 4) is 0 Å². The van der Waals surface area contributed by atoms with Gasteiger partial charge in [0.05, 0.1) is 0 Å². The molecule has 1 rings (SSSR count). The first-order chi connectivity index (χ1) is 6.27. The van der Waals surface area contributed by atoms with Crippen LogP contribution in [0.3, 0.4) is 0 Å². The highest BCUT2D eigenvalue weighted by Gasteiger charge is 2.10. The molecule has 72 valence electrons. The smallest absolute Gasteiger partial charge is 0.0388 e. The number of hydrazine groups is 1. The van der Waals surface area contributed by atoms with E-state index in [0.29, 0.717) is 5.92 Å². The van der Waals surface area contributed by atoms with E-state index in [0.717, 1.165) is 6.42 Å². The van der Waals surface area contributed by atoms with E-state index in [1.165, 1.54) is 5.57 Å². The summed E-state index contributed by atoms with van der Waals surface area (Å²) in [5.74, 6) is 0.456. The van der Waals surface area contributed by atoms with Crippen molar-refractivity contribution in [1.29, 1.82) is 0 Å². The number of rotatable bonds is 3. The molecule has 0 radical (unpaired) electrons. The van der Waals surface area contributed by atoms with Crippen molar-refractivity contribution in [2.24, 2.45) is 10.9 Å². The standard InChI is InChI=1S/C9H14IN3/c1-3-8-6-11-5-4-9(8)7-13(2)12-10/h4-8,12H,3H2,1-2H3/b9-7-. The van der Waals surface area contributed by atoms with Crippen LogP contribution in [0.25, 0.3) is 0 Å². The third-order valence-corrected chi connectivity index (χ3v) is 2.72. The normalized spacial score (nSPS) is 23.9. The lowest BCUT2D eigenvalue weighted by Gasteiger charge is -2.17. The number of allylic oxidation sites excluding steroid dienone is 2. The quantitative estimate of drug-likeness (QED) is 0.491. The molecular weight excluding hydrogens is 277 g/mol. The van der Waals surface area contributed by atoms with E-state index in [1.54, 1.807) is 0 Å². The molecule has 0 fully saturated rings. The number of nitrogens with one attached hydrogen (secondary N) is 1. The number of nitrogens with zero attached hydrogens (tertiary/aromatic N) is 2. The highest BCUT2D eigenvalue weighted by Crippen LogP contribution is 2.18. The van der Waals surface area contributed by atoms with Gasteiger partial charge < -0.3 is 5.01 Å². The Bertz CT molecular complexity index is 245. The molecule has 13 heavy (non-hydrogen) atoms. The van der Waals surface area contributed by atoms with Crippen LogP contribution in [-0.2, 0) is 0 Å². The molecule has 0 aromatic heterocycles. The fourth-order valence-electron chi connectivity index (χ4n) is 1.22. The lowest BCUT2D eigenvalue weighted by atomic mass is 9.97. The summed E-state index contributed by atoms with van der Waals surface area (Å²) in [4.78, 5) is 4.13. The van der Waals surface area contributed by atoms with E-state index in [9.17, 15) is 0 Å². The predicted molar refractivity (Wildman–Crippen MR) is 64.4 cm³/mol. The van der Waals surface area contributed by atoms with Crippen LogP contribution in [0.5, 0.6) is 0 Å². The molecule has 0 aromatic carbocycles. The Kier molecular flexibility index (Phi) is 4.44. The maximum atomic E-state index is 4.13. The summed E-state index contributed by atoms with van der Waals surface area (Å²) in [5, 5.41) is 1.93. The first-order valence-electron chi connectivity index (χ1n) is 4.28. The molecule has 1 atom stereocenters. The van der Waals surface area contributed by atoms with Crippen LogP contribution in [0.4, 0.5) is 0 Å². The second-order valence-corrected chi connectivity index (χ2v) is 3.44. The van der Waals surface area contributed by atoms with E-state index in [4.69, 9.17) is 0 Å². The minimum atomic E-state index is 0.456.